The lowest BCUT2D eigenvalue weighted by Crippen LogP contribution is -1.87. The van der Waals surface area contributed by atoms with Crippen LogP contribution in [0.15, 0.2) is 46.2 Å². The van der Waals surface area contributed by atoms with Gasteiger partial charge in [0.2, 0.25) is 0 Å². The predicted molar refractivity (Wildman–Crippen MR) is 76.6 cm³/mol. The molecule has 0 aliphatic rings. The van der Waals surface area contributed by atoms with E-state index < -0.39 is 0 Å². The number of benzene rings is 2. The van der Waals surface area contributed by atoms with E-state index in [9.17, 15) is 4.79 Å². The van der Waals surface area contributed by atoms with Gasteiger partial charge < -0.3 is 0 Å². The average molecular weight is 256 g/mol. The van der Waals surface area contributed by atoms with Crippen LogP contribution in [0, 0.1) is 20.8 Å². The summed E-state index contributed by atoms with van der Waals surface area (Å²) in [6, 6.07) is 12.4. The maximum atomic E-state index is 10.8. The second-order valence-electron chi connectivity index (χ2n) is 4.51. The normalized spacial score (nSPS) is 10.4. The van der Waals surface area contributed by atoms with Crippen molar-refractivity contribution in [3.63, 3.8) is 0 Å². The minimum Gasteiger partial charge on any atom is -0.298 e. The molecule has 0 N–H and O–H groups in total. The van der Waals surface area contributed by atoms with E-state index in [-0.39, 0.29) is 0 Å². The zero-order valence-corrected chi connectivity index (χ0v) is 11.7. The topological polar surface area (TPSA) is 17.1 Å². The summed E-state index contributed by atoms with van der Waals surface area (Å²) in [4.78, 5) is 13.2. The van der Waals surface area contributed by atoms with Crippen LogP contribution < -0.4 is 0 Å². The number of aryl methyl sites for hydroxylation is 3. The third-order valence-electron chi connectivity index (χ3n) is 2.93. The van der Waals surface area contributed by atoms with Crippen molar-refractivity contribution >= 4 is 18.0 Å². The van der Waals surface area contributed by atoms with Crippen molar-refractivity contribution in [1.29, 1.82) is 0 Å². The summed E-state index contributed by atoms with van der Waals surface area (Å²) in [5.41, 5.74) is 4.36. The Bertz CT molecular complexity index is 588. The van der Waals surface area contributed by atoms with Crippen molar-refractivity contribution in [2.24, 2.45) is 0 Å². The summed E-state index contributed by atoms with van der Waals surface area (Å²) in [5.74, 6) is 0. The van der Waals surface area contributed by atoms with Crippen LogP contribution in [0.5, 0.6) is 0 Å². The number of aldehydes is 1. The maximum absolute atomic E-state index is 10.8. The van der Waals surface area contributed by atoms with Gasteiger partial charge in [0.25, 0.3) is 0 Å². The van der Waals surface area contributed by atoms with Crippen LogP contribution in [0.4, 0.5) is 0 Å². The van der Waals surface area contributed by atoms with E-state index in [2.05, 4.69) is 38.1 Å². The molecular weight excluding hydrogens is 240 g/mol. The van der Waals surface area contributed by atoms with Gasteiger partial charge in [-0.15, -0.1) is 0 Å². The minimum atomic E-state index is 0.764. The molecule has 92 valence electrons. The first-order valence-corrected chi connectivity index (χ1v) is 6.73. The van der Waals surface area contributed by atoms with Gasteiger partial charge in [-0.25, -0.2) is 0 Å². The molecule has 0 radical (unpaired) electrons. The first kappa shape index (κ1) is 12.9. The summed E-state index contributed by atoms with van der Waals surface area (Å²) < 4.78 is 0. The smallest absolute Gasteiger partial charge is 0.150 e. The highest BCUT2D eigenvalue weighted by atomic mass is 32.2. The highest BCUT2D eigenvalue weighted by Gasteiger charge is 2.03. The Labute approximate surface area is 112 Å². The van der Waals surface area contributed by atoms with Gasteiger partial charge in [-0.05, 0) is 50.1 Å². The van der Waals surface area contributed by atoms with Crippen molar-refractivity contribution in [3.05, 3.63) is 58.7 Å². The summed E-state index contributed by atoms with van der Waals surface area (Å²) in [7, 11) is 0. The van der Waals surface area contributed by atoms with Crippen LogP contribution in [0.3, 0.4) is 0 Å². The largest absolute Gasteiger partial charge is 0.298 e. The van der Waals surface area contributed by atoms with Gasteiger partial charge in [-0.3, -0.25) is 4.79 Å². The van der Waals surface area contributed by atoms with Crippen molar-refractivity contribution in [2.75, 3.05) is 0 Å². The molecule has 0 aliphatic heterocycles. The fourth-order valence-corrected chi connectivity index (χ4v) is 2.87. The first-order valence-electron chi connectivity index (χ1n) is 5.91. The molecule has 0 atom stereocenters. The Morgan fingerprint density at radius 1 is 0.944 bits per heavy atom. The van der Waals surface area contributed by atoms with Gasteiger partial charge in [0.1, 0.15) is 6.29 Å². The Balaban J connectivity index is 2.28. The lowest BCUT2D eigenvalue weighted by molar-refractivity contribution is 0.112. The summed E-state index contributed by atoms with van der Waals surface area (Å²) in [5, 5.41) is 0. The van der Waals surface area contributed by atoms with E-state index in [0.29, 0.717) is 0 Å². The zero-order valence-electron chi connectivity index (χ0n) is 10.9. The number of carbonyl (C=O) groups is 1. The van der Waals surface area contributed by atoms with Crippen LogP contribution in [-0.2, 0) is 0 Å². The predicted octanol–water partition coefficient (Wildman–Crippen LogP) is 4.58. The van der Waals surface area contributed by atoms with Gasteiger partial charge in [-0.2, -0.15) is 0 Å². The molecule has 0 unspecified atom stereocenters. The van der Waals surface area contributed by atoms with Crippen molar-refractivity contribution in [3.8, 4) is 0 Å². The third kappa shape index (κ3) is 2.82. The standard InChI is InChI=1S/C16H16OS/c1-11-4-7-16(13(3)8-11)18-15-6-5-14(10-17)12(2)9-15/h4-10H,1-3H3. The second kappa shape index (κ2) is 5.40. The number of hydrogen-bond donors (Lipinski definition) is 0. The molecule has 2 heteroatoms. The molecule has 0 aromatic heterocycles. The number of rotatable bonds is 3. The molecule has 0 fully saturated rings. The van der Waals surface area contributed by atoms with Crippen LogP contribution in [0.25, 0.3) is 0 Å². The molecule has 0 heterocycles. The molecule has 18 heavy (non-hydrogen) atoms. The van der Waals surface area contributed by atoms with Crippen molar-refractivity contribution < 1.29 is 4.79 Å². The van der Waals surface area contributed by atoms with E-state index in [1.54, 1.807) is 11.8 Å². The van der Waals surface area contributed by atoms with Gasteiger partial charge >= 0.3 is 0 Å². The Hall–Kier alpha value is -1.54. The molecule has 0 spiro atoms. The highest BCUT2D eigenvalue weighted by Crippen LogP contribution is 2.31. The fraction of sp³-hybridized carbons (Fsp3) is 0.188. The molecule has 2 aromatic rings. The highest BCUT2D eigenvalue weighted by molar-refractivity contribution is 7.99. The Morgan fingerprint density at radius 2 is 1.72 bits per heavy atom. The summed E-state index contributed by atoms with van der Waals surface area (Å²) >= 11 is 1.74. The Kier molecular flexibility index (Phi) is 3.87. The molecule has 0 bridgehead atoms. The molecule has 0 amide bonds. The molecule has 2 aromatic carbocycles. The van der Waals surface area contributed by atoms with E-state index in [1.165, 1.54) is 20.9 Å². The zero-order chi connectivity index (χ0) is 13.1. The lowest BCUT2D eigenvalue weighted by atomic mass is 10.1. The van der Waals surface area contributed by atoms with Crippen LogP contribution >= 0.6 is 11.8 Å². The van der Waals surface area contributed by atoms with Gasteiger partial charge in [0.05, 0.1) is 0 Å². The molecule has 1 nitrogen and oxygen atoms in total. The van der Waals surface area contributed by atoms with E-state index >= 15 is 0 Å². The molecule has 2 rings (SSSR count). The van der Waals surface area contributed by atoms with Gasteiger partial charge in [0.15, 0.2) is 0 Å². The number of carbonyl (C=O) groups excluding carboxylic acids is 1. The van der Waals surface area contributed by atoms with E-state index in [4.69, 9.17) is 0 Å². The van der Waals surface area contributed by atoms with Crippen molar-refractivity contribution in [1.82, 2.24) is 0 Å². The van der Waals surface area contributed by atoms with Crippen molar-refractivity contribution in [2.45, 2.75) is 30.6 Å². The van der Waals surface area contributed by atoms with Gasteiger partial charge in [-0.1, -0.05) is 35.5 Å². The average Bonchev–Trinajstić information content (AvgIpc) is 2.33. The maximum Gasteiger partial charge on any atom is 0.150 e. The molecular formula is C16H16OS. The van der Waals surface area contributed by atoms with Gasteiger partial charge in [0, 0.05) is 15.4 Å². The minimum absolute atomic E-state index is 0.764. The van der Waals surface area contributed by atoms with E-state index in [1.807, 2.05) is 19.1 Å². The molecule has 0 aliphatic carbocycles. The van der Waals surface area contributed by atoms with Crippen LogP contribution in [0.2, 0.25) is 0 Å². The first-order chi connectivity index (χ1) is 8.60. The third-order valence-corrected chi connectivity index (χ3v) is 4.09. The van der Waals surface area contributed by atoms with Crippen LogP contribution in [-0.4, -0.2) is 6.29 Å². The second-order valence-corrected chi connectivity index (χ2v) is 5.62. The quantitative estimate of drug-likeness (QED) is 0.748. The van der Waals surface area contributed by atoms with Crippen LogP contribution in [0.1, 0.15) is 27.0 Å². The Morgan fingerprint density at radius 3 is 2.33 bits per heavy atom. The monoisotopic (exact) mass is 256 g/mol. The molecule has 0 saturated heterocycles. The van der Waals surface area contributed by atoms with E-state index in [0.717, 1.165) is 17.4 Å². The summed E-state index contributed by atoms with van der Waals surface area (Å²) in [6.07, 6.45) is 0.904. The molecule has 0 saturated carbocycles. The fourth-order valence-electron chi connectivity index (χ4n) is 1.88. The summed E-state index contributed by atoms with van der Waals surface area (Å²) in [6.45, 7) is 6.20. The SMILES string of the molecule is Cc1ccc(Sc2ccc(C=O)c(C)c2)c(C)c1. The number of hydrogen-bond acceptors (Lipinski definition) is 2. The lowest BCUT2D eigenvalue weighted by Gasteiger charge is -2.08.